The Morgan fingerprint density at radius 2 is 2.06 bits per heavy atom. The van der Waals surface area contributed by atoms with Crippen LogP contribution >= 0.6 is 0 Å². The highest BCUT2D eigenvalue weighted by Crippen LogP contribution is 2.31. The lowest BCUT2D eigenvalue weighted by Gasteiger charge is -2.39. The molecule has 0 spiro atoms. The third kappa shape index (κ3) is 3.81. The van der Waals surface area contributed by atoms with Crippen LogP contribution in [0.15, 0.2) is 43.0 Å². The van der Waals surface area contributed by atoms with Crippen LogP contribution in [-0.4, -0.2) is 60.0 Å². The van der Waals surface area contributed by atoms with Crippen LogP contribution in [0.5, 0.6) is 5.75 Å². The van der Waals surface area contributed by atoms with E-state index in [4.69, 9.17) is 4.74 Å². The Balaban J connectivity index is 1.38. The van der Waals surface area contributed by atoms with Gasteiger partial charge in [0.2, 0.25) is 5.95 Å². The van der Waals surface area contributed by atoms with Crippen molar-refractivity contribution in [1.29, 1.82) is 0 Å². The lowest BCUT2D eigenvalue weighted by atomic mass is 10.0. The summed E-state index contributed by atoms with van der Waals surface area (Å²) in [4.78, 5) is 10.2. The number of pyridine rings is 1. The molecule has 1 unspecified atom stereocenters. The van der Waals surface area contributed by atoms with Crippen LogP contribution in [0.3, 0.4) is 0 Å². The van der Waals surface area contributed by atoms with E-state index in [0.717, 1.165) is 48.0 Å². The van der Waals surface area contributed by atoms with E-state index in [1.54, 1.807) is 10.7 Å². The van der Waals surface area contributed by atoms with Crippen molar-refractivity contribution in [3.05, 3.63) is 48.8 Å². The van der Waals surface area contributed by atoms with Gasteiger partial charge in [0.05, 0.1) is 24.1 Å². The number of hydrogen-bond acceptors (Lipinski definition) is 7. The molecule has 160 valence electrons. The molecule has 0 amide bonds. The maximum atomic E-state index is 13.0. The molecule has 10 heteroatoms. The summed E-state index contributed by atoms with van der Waals surface area (Å²) in [5, 5.41) is 11.8. The first-order chi connectivity index (χ1) is 15.1. The number of hydrogen-bond donors (Lipinski definition) is 1. The Morgan fingerprint density at radius 3 is 2.81 bits per heavy atom. The molecule has 1 aliphatic heterocycles. The van der Waals surface area contributed by atoms with Gasteiger partial charge in [-0.3, -0.25) is 9.58 Å². The Bertz CT molecular complexity index is 1200. The number of ether oxygens (including phenoxy) is 1. The molecule has 0 aromatic carbocycles. The third-order valence-corrected chi connectivity index (χ3v) is 5.61. The quantitative estimate of drug-likeness (QED) is 0.490. The second-order valence-corrected chi connectivity index (χ2v) is 7.53. The lowest BCUT2D eigenvalue weighted by Crippen LogP contribution is -2.50. The number of halogens is 1. The van der Waals surface area contributed by atoms with Crippen molar-refractivity contribution in [2.75, 3.05) is 25.0 Å². The van der Waals surface area contributed by atoms with Crippen LogP contribution in [0.2, 0.25) is 0 Å². The molecule has 1 saturated heterocycles. The molecule has 9 nitrogen and oxygen atoms in total. The van der Waals surface area contributed by atoms with Crippen molar-refractivity contribution < 1.29 is 9.13 Å². The minimum atomic E-state index is -0.487. The van der Waals surface area contributed by atoms with Crippen LogP contribution < -0.4 is 10.1 Å². The van der Waals surface area contributed by atoms with E-state index < -0.39 is 5.82 Å². The number of likely N-dealkylation sites (tertiary alicyclic amines) is 1. The van der Waals surface area contributed by atoms with E-state index in [1.807, 2.05) is 36.1 Å². The highest BCUT2D eigenvalue weighted by molar-refractivity contribution is 5.72. The van der Waals surface area contributed by atoms with E-state index in [0.29, 0.717) is 18.5 Å². The number of nitrogens with zero attached hydrogens (tertiary/aromatic N) is 7. The molecule has 5 rings (SSSR count). The van der Waals surface area contributed by atoms with Gasteiger partial charge in [0.15, 0.2) is 17.4 Å². The molecule has 4 aromatic heterocycles. The molecule has 31 heavy (non-hydrogen) atoms. The van der Waals surface area contributed by atoms with Gasteiger partial charge in [-0.15, -0.1) is 0 Å². The SMILES string of the molecule is CCN1CCC1COc1cnn(C)c1-c1ccn2nc(Nc3ncc(F)cn3)cc2c1. The maximum absolute atomic E-state index is 13.0. The topological polar surface area (TPSA) is 85.4 Å². The van der Waals surface area contributed by atoms with Crippen molar-refractivity contribution in [2.24, 2.45) is 7.05 Å². The first-order valence-electron chi connectivity index (χ1n) is 10.2. The molecule has 1 atom stereocenters. The van der Waals surface area contributed by atoms with E-state index in [9.17, 15) is 4.39 Å². The van der Waals surface area contributed by atoms with Crippen LogP contribution in [0.1, 0.15) is 13.3 Å². The normalized spacial score (nSPS) is 16.4. The largest absolute Gasteiger partial charge is 0.488 e. The Kier molecular flexibility index (Phi) is 4.99. The molecule has 1 N–H and O–H groups in total. The molecule has 1 aliphatic rings. The number of likely N-dealkylation sites (N-methyl/N-ethyl adjacent to an activating group) is 1. The predicted molar refractivity (Wildman–Crippen MR) is 114 cm³/mol. The van der Waals surface area contributed by atoms with Gasteiger partial charge in [-0.1, -0.05) is 6.92 Å². The van der Waals surface area contributed by atoms with Gasteiger partial charge in [0.1, 0.15) is 12.3 Å². The van der Waals surface area contributed by atoms with E-state index in [2.05, 4.69) is 37.3 Å². The summed E-state index contributed by atoms with van der Waals surface area (Å²) in [6.07, 6.45) is 7.03. The lowest BCUT2D eigenvalue weighted by molar-refractivity contribution is 0.0563. The number of fused-ring (bicyclic) bond motifs is 1. The van der Waals surface area contributed by atoms with Crippen LogP contribution in [0.4, 0.5) is 16.2 Å². The van der Waals surface area contributed by atoms with Crippen molar-refractivity contribution in [2.45, 2.75) is 19.4 Å². The van der Waals surface area contributed by atoms with E-state index in [1.165, 1.54) is 6.42 Å². The highest BCUT2D eigenvalue weighted by Gasteiger charge is 2.27. The predicted octanol–water partition coefficient (Wildman–Crippen LogP) is 2.88. The zero-order valence-electron chi connectivity index (χ0n) is 17.4. The first kappa shape index (κ1) is 19.4. The molecule has 0 radical (unpaired) electrons. The van der Waals surface area contributed by atoms with E-state index in [-0.39, 0.29) is 5.95 Å². The molecule has 1 fully saturated rings. The van der Waals surface area contributed by atoms with E-state index >= 15 is 0 Å². The number of nitrogens with one attached hydrogen (secondary N) is 1. The summed E-state index contributed by atoms with van der Waals surface area (Å²) < 4.78 is 22.7. The minimum absolute atomic E-state index is 0.282. The number of aryl methyl sites for hydroxylation is 1. The summed E-state index contributed by atoms with van der Waals surface area (Å²) in [5.74, 6) is 1.13. The van der Waals surface area contributed by atoms with Gasteiger partial charge in [-0.05, 0) is 25.1 Å². The molecule has 4 aromatic rings. The van der Waals surface area contributed by atoms with Crippen molar-refractivity contribution in [3.8, 4) is 17.0 Å². The fourth-order valence-corrected chi connectivity index (χ4v) is 3.83. The highest BCUT2D eigenvalue weighted by atomic mass is 19.1. The zero-order valence-corrected chi connectivity index (χ0v) is 17.4. The monoisotopic (exact) mass is 422 g/mol. The molecule has 0 bridgehead atoms. The number of rotatable bonds is 7. The summed E-state index contributed by atoms with van der Waals surface area (Å²) >= 11 is 0. The third-order valence-electron chi connectivity index (χ3n) is 5.61. The zero-order chi connectivity index (χ0) is 21.4. The second kappa shape index (κ2) is 7.95. The van der Waals surface area contributed by atoms with Gasteiger partial charge < -0.3 is 10.1 Å². The standard InChI is InChI=1S/C21H23FN8O/c1-3-29-6-5-16(29)13-31-18-12-25-28(2)20(18)14-4-7-30-17(8-14)9-19(27-30)26-21-23-10-15(22)11-24-21/h4,7-12,16H,3,5-6,13H2,1-2H3,(H,23,24,26,27). The smallest absolute Gasteiger partial charge is 0.228 e. The van der Waals surface area contributed by atoms with Crippen LogP contribution in [-0.2, 0) is 7.05 Å². The number of aromatic nitrogens is 6. The molecule has 0 aliphatic carbocycles. The van der Waals surface area contributed by atoms with Crippen LogP contribution in [0, 0.1) is 5.82 Å². The Labute approximate surface area is 178 Å². The molecule has 0 saturated carbocycles. The summed E-state index contributed by atoms with van der Waals surface area (Å²) in [7, 11) is 1.91. The van der Waals surface area contributed by atoms with Gasteiger partial charge in [0, 0.05) is 37.5 Å². The average Bonchev–Trinajstić information content (AvgIpc) is 3.31. The summed E-state index contributed by atoms with van der Waals surface area (Å²) in [6.45, 7) is 5.02. The van der Waals surface area contributed by atoms with Crippen LogP contribution in [0.25, 0.3) is 16.8 Å². The van der Waals surface area contributed by atoms with Gasteiger partial charge in [0.25, 0.3) is 0 Å². The fraction of sp³-hybridized carbons (Fsp3) is 0.333. The number of anilines is 2. The second-order valence-electron chi connectivity index (χ2n) is 7.53. The fourth-order valence-electron chi connectivity index (χ4n) is 3.83. The van der Waals surface area contributed by atoms with Gasteiger partial charge >= 0.3 is 0 Å². The summed E-state index contributed by atoms with van der Waals surface area (Å²) in [6, 6.07) is 6.34. The molecular weight excluding hydrogens is 399 g/mol. The Hall–Kier alpha value is -3.53. The molecule has 5 heterocycles. The maximum Gasteiger partial charge on any atom is 0.228 e. The summed E-state index contributed by atoms with van der Waals surface area (Å²) in [5.41, 5.74) is 2.78. The van der Waals surface area contributed by atoms with Crippen molar-refractivity contribution in [1.82, 2.24) is 34.3 Å². The average molecular weight is 422 g/mol. The van der Waals surface area contributed by atoms with Gasteiger partial charge in [-0.25, -0.2) is 18.9 Å². The first-order valence-corrected chi connectivity index (χ1v) is 10.2. The Morgan fingerprint density at radius 1 is 1.23 bits per heavy atom. The van der Waals surface area contributed by atoms with Gasteiger partial charge in [-0.2, -0.15) is 10.2 Å². The molecular formula is C21H23FN8O. The minimum Gasteiger partial charge on any atom is -0.488 e. The van der Waals surface area contributed by atoms with Crippen molar-refractivity contribution in [3.63, 3.8) is 0 Å². The van der Waals surface area contributed by atoms with Crippen molar-refractivity contribution >= 4 is 17.3 Å².